The average Bonchev–Trinajstić information content (AvgIpc) is 3.68. The molecule has 0 saturated carbocycles. The highest BCUT2D eigenvalue weighted by Crippen LogP contribution is 2.42. The molecule has 6 atom stereocenters. The van der Waals surface area contributed by atoms with Crippen LogP contribution in [-0.2, 0) is 24.0 Å². The standard InChI is InChI=1S/C65H76N8O12/c1-9-14-39(4)49-31-59(75)71(63(49)78)24-12-10-11-15-58(74)70-60(38(2)3)62(77)68-40(5)61(76)69-45-20-16-41(17-21-45)43-27-46-34-66-52-32-56(54(82-7)29-50(52)64(79)72(46)36-43)84-25-13-26-85-57-33-53-51(30-55(57)83-8)65(80)73-37-44(28-47(73)35-67-53)42-18-22-48(81-6)23-19-42/h16-23,29-30,32-40,46-47,49,60H,9-15,24-28,31H2,1-8H3,(H,68,77)(H,69,76)(H,70,74)/t39?,40-,46-,47-,49?,60-/m0/s1. The summed E-state index contributed by atoms with van der Waals surface area (Å²) in [6, 6.07) is 19.3. The highest BCUT2D eigenvalue weighted by Gasteiger charge is 2.41. The summed E-state index contributed by atoms with van der Waals surface area (Å²) in [5, 5.41) is 8.42. The number of anilines is 1. The van der Waals surface area contributed by atoms with Crippen molar-refractivity contribution >= 4 is 82.0 Å². The van der Waals surface area contributed by atoms with Crippen molar-refractivity contribution in [2.45, 2.75) is 123 Å². The molecule has 0 aliphatic carbocycles. The summed E-state index contributed by atoms with van der Waals surface area (Å²) < 4.78 is 29.0. The second-order valence-electron chi connectivity index (χ2n) is 22.5. The van der Waals surface area contributed by atoms with Gasteiger partial charge in [-0.3, -0.25) is 48.4 Å². The molecular weight excluding hydrogens is 1080 g/mol. The van der Waals surface area contributed by atoms with Gasteiger partial charge in [-0.05, 0) is 90.3 Å². The summed E-state index contributed by atoms with van der Waals surface area (Å²) in [6.45, 7) is 10.1. The third-order valence-electron chi connectivity index (χ3n) is 16.2. The largest absolute Gasteiger partial charge is 0.497 e. The monoisotopic (exact) mass is 1160 g/mol. The molecule has 85 heavy (non-hydrogen) atoms. The van der Waals surface area contributed by atoms with Gasteiger partial charge in [0.25, 0.3) is 11.8 Å². The SMILES string of the molecule is CCCC(C)C1CC(=O)N(CCCCCC(=O)N[C@H](C(=O)N[C@@H](C)C(=O)Nc2ccc(C3=CN4C(=O)c5cc(OC)c(OCCCOc6cc7c(cc6OC)C(=O)N6C=C(c8ccc(OC)cc8)C[C@H]6C=N7)cc5N=C[C@@H]4C3)cc2)C(C)C)C1=O. The maximum atomic E-state index is 14.2. The second kappa shape index (κ2) is 27.3. The fraction of sp³-hybridized carbons (Fsp3) is 0.431. The lowest BCUT2D eigenvalue weighted by Crippen LogP contribution is -2.53. The number of unbranched alkanes of at least 4 members (excludes halogenated alkanes) is 2. The molecule has 2 unspecified atom stereocenters. The zero-order valence-corrected chi connectivity index (χ0v) is 49.6. The van der Waals surface area contributed by atoms with Crippen molar-refractivity contribution in [1.29, 1.82) is 0 Å². The lowest BCUT2D eigenvalue weighted by atomic mass is 9.89. The Morgan fingerprint density at radius 1 is 0.635 bits per heavy atom. The lowest BCUT2D eigenvalue weighted by Gasteiger charge is -2.24. The number of rotatable bonds is 26. The van der Waals surface area contributed by atoms with Gasteiger partial charge in [0, 0.05) is 87.2 Å². The number of ether oxygens (including phenoxy) is 5. The van der Waals surface area contributed by atoms with E-state index in [0.717, 1.165) is 40.9 Å². The Morgan fingerprint density at radius 3 is 1.71 bits per heavy atom. The van der Waals surface area contributed by atoms with Crippen LogP contribution >= 0.6 is 0 Å². The summed E-state index contributed by atoms with van der Waals surface area (Å²) in [5.41, 5.74) is 5.96. The number of hydrogen-bond acceptors (Lipinski definition) is 14. The van der Waals surface area contributed by atoms with E-state index in [1.54, 1.807) is 72.7 Å². The number of carbonyl (C=O) groups is 7. The number of nitrogens with zero attached hydrogens (tertiary/aromatic N) is 5. The first kappa shape index (κ1) is 60.8. The van der Waals surface area contributed by atoms with Gasteiger partial charge in [-0.25, -0.2) is 0 Å². The summed E-state index contributed by atoms with van der Waals surface area (Å²) in [6.07, 6.45) is 12.9. The van der Waals surface area contributed by atoms with Gasteiger partial charge in [0.15, 0.2) is 23.0 Å². The van der Waals surface area contributed by atoms with Gasteiger partial charge in [-0.1, -0.05) is 71.2 Å². The number of aliphatic imine (C=N–C) groups is 2. The highest BCUT2D eigenvalue weighted by atomic mass is 16.5. The molecular formula is C65H76N8O12. The Balaban J connectivity index is 0.723. The zero-order chi connectivity index (χ0) is 60.5. The highest BCUT2D eigenvalue weighted by molar-refractivity contribution is 6.07. The van der Waals surface area contributed by atoms with Crippen molar-refractivity contribution < 1.29 is 57.2 Å². The first-order valence-electron chi connectivity index (χ1n) is 29.3. The fourth-order valence-electron chi connectivity index (χ4n) is 11.3. The third kappa shape index (κ3) is 13.9. The molecule has 0 radical (unpaired) electrons. The van der Waals surface area contributed by atoms with Crippen LogP contribution in [0.2, 0.25) is 0 Å². The normalized spacial score (nSPS) is 18.7. The number of methoxy groups -OCH3 is 3. The Hall–Kier alpha value is -8.81. The fourth-order valence-corrected chi connectivity index (χ4v) is 11.3. The summed E-state index contributed by atoms with van der Waals surface area (Å²) in [5.74, 6) is 0.140. The van der Waals surface area contributed by atoms with E-state index in [4.69, 9.17) is 33.7 Å². The minimum absolute atomic E-state index is 0.0921. The summed E-state index contributed by atoms with van der Waals surface area (Å²) >= 11 is 0. The first-order valence-corrected chi connectivity index (χ1v) is 29.3. The zero-order valence-electron chi connectivity index (χ0n) is 49.6. The van der Waals surface area contributed by atoms with Crippen LogP contribution in [0.5, 0.6) is 28.7 Å². The average molecular weight is 1160 g/mol. The van der Waals surface area contributed by atoms with Crippen molar-refractivity contribution in [1.82, 2.24) is 25.3 Å². The Kier molecular flexibility index (Phi) is 19.5. The van der Waals surface area contributed by atoms with E-state index in [0.29, 0.717) is 96.3 Å². The second-order valence-corrected chi connectivity index (χ2v) is 22.5. The number of fused-ring (bicyclic) bond motifs is 4. The molecule has 1 fully saturated rings. The first-order chi connectivity index (χ1) is 41.0. The summed E-state index contributed by atoms with van der Waals surface area (Å²) in [4.78, 5) is 107. The lowest BCUT2D eigenvalue weighted by molar-refractivity contribution is -0.140. The number of hydrogen-bond donors (Lipinski definition) is 3. The molecule has 7 amide bonds. The molecule has 9 rings (SSSR count). The number of imide groups is 1. The minimum Gasteiger partial charge on any atom is -0.497 e. The molecule has 0 aromatic heterocycles. The van der Waals surface area contributed by atoms with Crippen molar-refractivity contribution in [2.24, 2.45) is 27.7 Å². The predicted octanol–water partition coefficient (Wildman–Crippen LogP) is 9.46. The van der Waals surface area contributed by atoms with Crippen molar-refractivity contribution in [3.8, 4) is 28.7 Å². The molecule has 20 nitrogen and oxygen atoms in total. The quantitative estimate of drug-likeness (QED) is 0.0394. The molecule has 3 N–H and O–H groups in total. The van der Waals surface area contributed by atoms with Crippen LogP contribution in [-0.4, -0.2) is 134 Å². The third-order valence-corrected chi connectivity index (χ3v) is 16.2. The molecule has 448 valence electrons. The van der Waals surface area contributed by atoms with E-state index in [1.165, 1.54) is 19.1 Å². The van der Waals surface area contributed by atoms with E-state index in [-0.39, 0.29) is 85.4 Å². The van der Waals surface area contributed by atoms with Crippen molar-refractivity contribution in [3.05, 3.63) is 107 Å². The van der Waals surface area contributed by atoms with E-state index in [2.05, 4.69) is 22.9 Å². The molecule has 0 bridgehead atoms. The molecule has 5 aliphatic heterocycles. The summed E-state index contributed by atoms with van der Waals surface area (Å²) in [7, 11) is 4.66. The maximum absolute atomic E-state index is 14.2. The molecule has 0 spiro atoms. The van der Waals surface area contributed by atoms with Crippen molar-refractivity contribution in [3.63, 3.8) is 0 Å². The topological polar surface area (TPSA) is 236 Å². The molecule has 5 heterocycles. The smallest absolute Gasteiger partial charge is 0.260 e. The van der Waals surface area contributed by atoms with Gasteiger partial charge in [-0.15, -0.1) is 0 Å². The molecule has 5 aliphatic rings. The van der Waals surface area contributed by atoms with E-state index in [9.17, 15) is 33.6 Å². The predicted molar refractivity (Wildman–Crippen MR) is 323 cm³/mol. The molecule has 4 aromatic carbocycles. The van der Waals surface area contributed by atoms with E-state index >= 15 is 0 Å². The number of carbonyl (C=O) groups excluding carboxylic acids is 7. The van der Waals surface area contributed by atoms with Gasteiger partial charge in [-0.2, -0.15) is 0 Å². The number of amides is 7. The van der Waals surface area contributed by atoms with E-state index in [1.807, 2.05) is 69.6 Å². The van der Waals surface area contributed by atoms with Crippen LogP contribution < -0.4 is 39.6 Å². The van der Waals surface area contributed by atoms with Gasteiger partial charge in [0.1, 0.15) is 17.8 Å². The molecule has 1 saturated heterocycles. The number of nitrogens with one attached hydrogen (secondary N) is 3. The van der Waals surface area contributed by atoms with Crippen LogP contribution in [0.1, 0.15) is 131 Å². The number of benzene rings is 4. The van der Waals surface area contributed by atoms with Gasteiger partial charge in [0.05, 0.1) is 69.1 Å². The Labute approximate surface area is 496 Å². The van der Waals surface area contributed by atoms with Gasteiger partial charge in [0.2, 0.25) is 29.5 Å². The molecule has 4 aromatic rings. The minimum atomic E-state index is -0.926. The van der Waals surface area contributed by atoms with Gasteiger partial charge < -0.3 is 49.4 Å². The van der Waals surface area contributed by atoms with Crippen molar-refractivity contribution in [2.75, 3.05) is 46.4 Å². The van der Waals surface area contributed by atoms with Crippen LogP contribution in [0.3, 0.4) is 0 Å². The Morgan fingerprint density at radius 2 is 1.19 bits per heavy atom. The van der Waals surface area contributed by atoms with Crippen LogP contribution in [0, 0.1) is 17.8 Å². The Bertz CT molecular complexity index is 3320. The van der Waals surface area contributed by atoms with E-state index < -0.39 is 23.9 Å². The number of likely N-dealkylation sites (tertiary alicyclic amines) is 1. The maximum Gasteiger partial charge on any atom is 0.260 e. The molecule has 20 heteroatoms. The van der Waals surface area contributed by atoms with Crippen LogP contribution in [0.25, 0.3) is 11.1 Å². The van der Waals surface area contributed by atoms with Crippen LogP contribution in [0.15, 0.2) is 95.2 Å². The van der Waals surface area contributed by atoms with Crippen LogP contribution in [0.4, 0.5) is 17.1 Å². The van der Waals surface area contributed by atoms with Gasteiger partial charge >= 0.3 is 0 Å².